The summed E-state index contributed by atoms with van der Waals surface area (Å²) in [7, 11) is 0. The third kappa shape index (κ3) is 4.23. The molecule has 29 heavy (non-hydrogen) atoms. The first-order valence-corrected chi connectivity index (χ1v) is 9.37. The van der Waals surface area contributed by atoms with Gasteiger partial charge >= 0.3 is 12.1 Å². The zero-order valence-corrected chi connectivity index (χ0v) is 16.6. The Morgan fingerprint density at radius 3 is 2.07 bits per heavy atom. The van der Waals surface area contributed by atoms with Crippen LogP contribution in [0.5, 0.6) is 0 Å². The van der Waals surface area contributed by atoms with Crippen LogP contribution in [0, 0.1) is 0 Å². The Bertz CT molecular complexity index is 908. The number of fused-ring (bicyclic) bond motifs is 3. The van der Waals surface area contributed by atoms with Gasteiger partial charge < -0.3 is 20.5 Å². The number of ether oxygens (including phenoxy) is 1. The standard InChI is InChI=1S/C22H24N2O5/c1-13(19(25)26)23-20(27)22(2,3)24-21(28)29-12-18-16-10-6-4-8-14(16)15-9-5-7-11-17(15)18/h4-11,13,18H,12H2,1-3H3,(H,23,27)(H,24,28)(H,25,26)/t13-/m1/s1. The molecule has 0 heterocycles. The summed E-state index contributed by atoms with van der Waals surface area (Å²) < 4.78 is 5.43. The van der Waals surface area contributed by atoms with Crippen LogP contribution < -0.4 is 10.6 Å². The van der Waals surface area contributed by atoms with Gasteiger partial charge in [-0.1, -0.05) is 48.5 Å². The number of amides is 2. The lowest BCUT2D eigenvalue weighted by molar-refractivity contribution is -0.142. The Labute approximate surface area is 169 Å². The summed E-state index contributed by atoms with van der Waals surface area (Å²) in [5, 5.41) is 13.8. The van der Waals surface area contributed by atoms with Crippen molar-refractivity contribution in [3.8, 4) is 11.1 Å². The van der Waals surface area contributed by atoms with Crippen molar-refractivity contribution in [2.75, 3.05) is 6.61 Å². The molecule has 0 unspecified atom stereocenters. The van der Waals surface area contributed by atoms with Crippen LogP contribution in [0.15, 0.2) is 48.5 Å². The molecule has 0 aliphatic heterocycles. The molecule has 0 fully saturated rings. The number of benzene rings is 2. The number of rotatable bonds is 6. The molecule has 0 aromatic heterocycles. The molecule has 2 aromatic carbocycles. The summed E-state index contributed by atoms with van der Waals surface area (Å²) in [6.07, 6.45) is -0.741. The first-order chi connectivity index (χ1) is 13.7. The summed E-state index contributed by atoms with van der Waals surface area (Å²) in [6.45, 7) is 4.45. The summed E-state index contributed by atoms with van der Waals surface area (Å²) >= 11 is 0. The predicted octanol–water partition coefficient (Wildman–Crippen LogP) is 2.89. The van der Waals surface area contributed by atoms with Crippen LogP contribution in [-0.2, 0) is 14.3 Å². The van der Waals surface area contributed by atoms with Crippen molar-refractivity contribution in [3.63, 3.8) is 0 Å². The number of carboxylic acid groups (broad SMARTS) is 1. The van der Waals surface area contributed by atoms with Gasteiger partial charge in [0.05, 0.1) is 0 Å². The molecule has 0 saturated heterocycles. The smallest absolute Gasteiger partial charge is 0.408 e. The molecule has 0 saturated carbocycles. The molecule has 7 nitrogen and oxygen atoms in total. The van der Waals surface area contributed by atoms with E-state index >= 15 is 0 Å². The van der Waals surface area contributed by atoms with Gasteiger partial charge in [0.25, 0.3) is 0 Å². The van der Waals surface area contributed by atoms with Crippen molar-refractivity contribution in [1.29, 1.82) is 0 Å². The van der Waals surface area contributed by atoms with E-state index in [4.69, 9.17) is 9.84 Å². The molecule has 2 aromatic rings. The second-order valence-corrected chi connectivity index (χ2v) is 7.61. The Balaban J connectivity index is 1.65. The van der Waals surface area contributed by atoms with E-state index in [1.54, 1.807) is 0 Å². The van der Waals surface area contributed by atoms with Gasteiger partial charge in [-0.2, -0.15) is 0 Å². The first kappa shape index (κ1) is 20.4. The predicted molar refractivity (Wildman–Crippen MR) is 108 cm³/mol. The molecule has 1 aliphatic carbocycles. The maximum absolute atomic E-state index is 12.3. The minimum absolute atomic E-state index is 0.0860. The van der Waals surface area contributed by atoms with Gasteiger partial charge in [-0.3, -0.25) is 9.59 Å². The average molecular weight is 396 g/mol. The molecule has 1 atom stereocenters. The van der Waals surface area contributed by atoms with E-state index in [2.05, 4.69) is 10.6 Å². The fraction of sp³-hybridized carbons (Fsp3) is 0.318. The molecule has 1 aliphatic rings. The van der Waals surface area contributed by atoms with E-state index in [0.29, 0.717) is 0 Å². The maximum atomic E-state index is 12.3. The van der Waals surface area contributed by atoms with Crippen molar-refractivity contribution in [2.45, 2.75) is 38.3 Å². The molecule has 0 radical (unpaired) electrons. The monoisotopic (exact) mass is 396 g/mol. The average Bonchev–Trinajstić information content (AvgIpc) is 2.99. The quantitative estimate of drug-likeness (QED) is 0.696. The highest BCUT2D eigenvalue weighted by Gasteiger charge is 2.33. The molecule has 0 bridgehead atoms. The van der Waals surface area contributed by atoms with Crippen LogP contribution >= 0.6 is 0 Å². The lowest BCUT2D eigenvalue weighted by Gasteiger charge is -2.26. The highest BCUT2D eigenvalue weighted by atomic mass is 16.5. The molecule has 7 heteroatoms. The van der Waals surface area contributed by atoms with Gasteiger partial charge in [0, 0.05) is 5.92 Å². The topological polar surface area (TPSA) is 105 Å². The molecular weight excluding hydrogens is 372 g/mol. The summed E-state index contributed by atoms with van der Waals surface area (Å²) in [4.78, 5) is 35.5. The van der Waals surface area contributed by atoms with Crippen molar-refractivity contribution in [3.05, 3.63) is 59.7 Å². The van der Waals surface area contributed by atoms with E-state index in [1.807, 2.05) is 48.5 Å². The lowest BCUT2D eigenvalue weighted by Crippen LogP contribution is -2.57. The summed E-state index contributed by atoms with van der Waals surface area (Å²) in [5.41, 5.74) is 3.10. The van der Waals surface area contributed by atoms with Crippen LogP contribution in [0.4, 0.5) is 4.79 Å². The fourth-order valence-electron chi connectivity index (χ4n) is 3.39. The number of alkyl carbamates (subject to hydrolysis) is 1. The number of hydrogen-bond acceptors (Lipinski definition) is 4. The zero-order valence-electron chi connectivity index (χ0n) is 16.6. The maximum Gasteiger partial charge on any atom is 0.408 e. The van der Waals surface area contributed by atoms with Gasteiger partial charge in [0.15, 0.2) is 0 Å². The lowest BCUT2D eigenvalue weighted by atomic mass is 9.98. The molecule has 0 spiro atoms. The van der Waals surface area contributed by atoms with Crippen LogP contribution in [0.3, 0.4) is 0 Å². The highest BCUT2D eigenvalue weighted by molar-refractivity contribution is 5.91. The molecule has 2 amide bonds. The second-order valence-electron chi connectivity index (χ2n) is 7.61. The third-order valence-corrected chi connectivity index (χ3v) is 5.04. The van der Waals surface area contributed by atoms with Crippen LogP contribution in [-0.4, -0.2) is 41.3 Å². The number of nitrogens with one attached hydrogen (secondary N) is 2. The van der Waals surface area contributed by atoms with E-state index < -0.39 is 29.6 Å². The normalized spacial score (nSPS) is 13.8. The van der Waals surface area contributed by atoms with E-state index in [9.17, 15) is 14.4 Å². The van der Waals surface area contributed by atoms with Crippen molar-refractivity contribution < 1.29 is 24.2 Å². The number of carboxylic acids is 1. The van der Waals surface area contributed by atoms with Crippen LogP contribution in [0.25, 0.3) is 11.1 Å². The Kier molecular flexibility index (Phi) is 5.59. The van der Waals surface area contributed by atoms with E-state index in [0.717, 1.165) is 22.3 Å². The first-order valence-electron chi connectivity index (χ1n) is 9.37. The summed E-state index contributed by atoms with van der Waals surface area (Å²) in [5.74, 6) is -1.85. The third-order valence-electron chi connectivity index (χ3n) is 5.04. The SMILES string of the molecule is C[C@@H](NC(=O)C(C)(C)NC(=O)OCC1c2ccccc2-c2ccccc21)C(=O)O. The highest BCUT2D eigenvalue weighted by Crippen LogP contribution is 2.44. The van der Waals surface area contributed by atoms with Crippen LogP contribution in [0.2, 0.25) is 0 Å². The number of hydrogen-bond donors (Lipinski definition) is 3. The van der Waals surface area contributed by atoms with Gasteiger partial charge in [-0.15, -0.1) is 0 Å². The van der Waals surface area contributed by atoms with Crippen LogP contribution in [0.1, 0.15) is 37.8 Å². The minimum atomic E-state index is -1.33. The van der Waals surface area contributed by atoms with E-state index in [-0.39, 0.29) is 12.5 Å². The molecule has 152 valence electrons. The minimum Gasteiger partial charge on any atom is -0.480 e. The van der Waals surface area contributed by atoms with Gasteiger partial charge in [0.2, 0.25) is 5.91 Å². The largest absolute Gasteiger partial charge is 0.480 e. The second kappa shape index (κ2) is 7.95. The van der Waals surface area contributed by atoms with Crippen molar-refractivity contribution >= 4 is 18.0 Å². The number of aliphatic carboxylic acids is 1. The van der Waals surface area contributed by atoms with Gasteiger partial charge in [-0.05, 0) is 43.0 Å². The molecule has 3 N–H and O–H groups in total. The van der Waals surface area contributed by atoms with Crippen molar-refractivity contribution in [1.82, 2.24) is 10.6 Å². The van der Waals surface area contributed by atoms with E-state index in [1.165, 1.54) is 20.8 Å². The Morgan fingerprint density at radius 1 is 1.03 bits per heavy atom. The molecular formula is C22H24N2O5. The number of carbonyl (C=O) groups excluding carboxylic acids is 2. The fourth-order valence-corrected chi connectivity index (χ4v) is 3.39. The Hall–Kier alpha value is -3.35. The van der Waals surface area contributed by atoms with Gasteiger partial charge in [0.1, 0.15) is 18.2 Å². The Morgan fingerprint density at radius 2 is 1.55 bits per heavy atom. The van der Waals surface area contributed by atoms with Gasteiger partial charge in [-0.25, -0.2) is 4.79 Å². The number of carbonyl (C=O) groups is 3. The molecule has 3 rings (SSSR count). The zero-order chi connectivity index (χ0) is 21.2. The van der Waals surface area contributed by atoms with Crippen molar-refractivity contribution in [2.24, 2.45) is 0 Å². The summed E-state index contributed by atoms with van der Waals surface area (Å²) in [6, 6.07) is 14.9.